The second kappa shape index (κ2) is 4.90. The van der Waals surface area contributed by atoms with Gasteiger partial charge in [0.25, 0.3) is 0 Å². The molecule has 3 rings (SSSR count). The van der Waals surface area contributed by atoms with Gasteiger partial charge in [0, 0.05) is 6.04 Å². The van der Waals surface area contributed by atoms with Crippen molar-refractivity contribution >= 4 is 0 Å². The smallest absolute Gasteiger partial charge is 0.240 e. The molecule has 1 saturated heterocycles. The lowest BCUT2D eigenvalue weighted by Gasteiger charge is -2.22. The third-order valence-corrected chi connectivity index (χ3v) is 3.46. The summed E-state index contributed by atoms with van der Waals surface area (Å²) in [6.45, 7) is 3.70. The zero-order valence-corrected chi connectivity index (χ0v) is 10.5. The maximum Gasteiger partial charge on any atom is 0.240 e. The van der Waals surface area contributed by atoms with Crippen molar-refractivity contribution < 1.29 is 4.52 Å². The fourth-order valence-corrected chi connectivity index (χ4v) is 2.65. The number of hydrogen-bond donors (Lipinski definition) is 0. The number of nitrogens with zero attached hydrogens (tertiary/aromatic N) is 3. The van der Waals surface area contributed by atoms with Crippen LogP contribution in [-0.2, 0) is 6.54 Å². The fraction of sp³-hybridized carbons (Fsp3) is 0.429. The normalized spacial score (nSPS) is 20.4. The van der Waals surface area contributed by atoms with E-state index in [-0.39, 0.29) is 0 Å². The van der Waals surface area contributed by atoms with Gasteiger partial charge in [0.1, 0.15) is 0 Å². The Hall–Kier alpha value is -1.68. The van der Waals surface area contributed by atoms with Crippen molar-refractivity contribution in [2.24, 2.45) is 0 Å². The minimum atomic E-state index is 0.485. The molecule has 1 atom stereocenters. The molecule has 4 nitrogen and oxygen atoms in total. The molecule has 1 fully saturated rings. The zero-order valence-electron chi connectivity index (χ0n) is 10.5. The summed E-state index contributed by atoms with van der Waals surface area (Å²) in [4.78, 5) is 6.70. The highest BCUT2D eigenvalue weighted by molar-refractivity contribution is 5.20. The fourth-order valence-electron chi connectivity index (χ4n) is 2.65. The van der Waals surface area contributed by atoms with Gasteiger partial charge in [0.15, 0.2) is 5.82 Å². The van der Waals surface area contributed by atoms with Crippen LogP contribution in [0.5, 0.6) is 0 Å². The summed E-state index contributed by atoms with van der Waals surface area (Å²) in [7, 11) is 0. The number of aromatic nitrogens is 2. The van der Waals surface area contributed by atoms with Gasteiger partial charge in [-0.2, -0.15) is 4.98 Å². The van der Waals surface area contributed by atoms with Crippen molar-refractivity contribution in [3.8, 4) is 0 Å². The first-order chi connectivity index (χ1) is 8.83. The van der Waals surface area contributed by atoms with E-state index in [9.17, 15) is 0 Å². The highest BCUT2D eigenvalue weighted by Gasteiger charge is 2.27. The molecule has 1 aliphatic heterocycles. The monoisotopic (exact) mass is 243 g/mol. The second-order valence-corrected chi connectivity index (χ2v) is 4.77. The van der Waals surface area contributed by atoms with E-state index < -0.39 is 0 Å². The molecular formula is C14H17N3O. The van der Waals surface area contributed by atoms with Gasteiger partial charge in [0.2, 0.25) is 5.89 Å². The number of rotatable bonds is 3. The molecule has 0 aliphatic carbocycles. The zero-order chi connectivity index (χ0) is 12.4. The molecule has 18 heavy (non-hydrogen) atoms. The van der Waals surface area contributed by atoms with Crippen LogP contribution in [0.25, 0.3) is 0 Å². The summed E-state index contributed by atoms with van der Waals surface area (Å²) in [5, 5.41) is 3.84. The van der Waals surface area contributed by atoms with Crippen LogP contribution in [0.1, 0.15) is 36.2 Å². The summed E-state index contributed by atoms with van der Waals surface area (Å²) < 4.78 is 5.21. The van der Waals surface area contributed by atoms with Gasteiger partial charge in [-0.25, -0.2) is 0 Å². The van der Waals surface area contributed by atoms with Gasteiger partial charge in [0.05, 0.1) is 6.54 Å². The van der Waals surface area contributed by atoms with E-state index in [0.717, 1.165) is 19.0 Å². The SMILES string of the molecule is Cc1noc(CN2CCCC2c2ccccc2)n1. The Bertz CT molecular complexity index is 509. The van der Waals surface area contributed by atoms with Crippen molar-refractivity contribution in [2.75, 3.05) is 6.54 Å². The van der Waals surface area contributed by atoms with E-state index in [1.54, 1.807) is 0 Å². The Labute approximate surface area is 107 Å². The van der Waals surface area contributed by atoms with E-state index in [0.29, 0.717) is 11.9 Å². The standard InChI is InChI=1S/C14H17N3O/c1-11-15-14(18-16-11)10-17-9-5-8-13(17)12-6-3-2-4-7-12/h2-4,6-7,13H,5,8-10H2,1H3. The molecule has 0 N–H and O–H groups in total. The maximum absolute atomic E-state index is 5.21. The minimum Gasteiger partial charge on any atom is -0.338 e. The number of hydrogen-bond acceptors (Lipinski definition) is 4. The molecule has 1 unspecified atom stereocenters. The van der Waals surface area contributed by atoms with Crippen LogP contribution in [0.4, 0.5) is 0 Å². The van der Waals surface area contributed by atoms with Crippen LogP contribution < -0.4 is 0 Å². The second-order valence-electron chi connectivity index (χ2n) is 4.77. The first-order valence-electron chi connectivity index (χ1n) is 6.41. The molecule has 0 bridgehead atoms. The molecule has 4 heteroatoms. The number of likely N-dealkylation sites (tertiary alicyclic amines) is 1. The van der Waals surface area contributed by atoms with Crippen molar-refractivity contribution in [1.82, 2.24) is 15.0 Å². The Balaban J connectivity index is 1.75. The number of benzene rings is 1. The summed E-state index contributed by atoms with van der Waals surface area (Å²) in [5.41, 5.74) is 1.38. The first-order valence-corrected chi connectivity index (χ1v) is 6.41. The Kier molecular flexibility index (Phi) is 3.11. The van der Waals surface area contributed by atoms with Gasteiger partial charge in [-0.3, -0.25) is 4.90 Å². The number of aryl methyl sites for hydroxylation is 1. The molecule has 2 aromatic rings. The summed E-state index contributed by atoms with van der Waals surface area (Å²) in [5.74, 6) is 1.43. The van der Waals surface area contributed by atoms with E-state index in [4.69, 9.17) is 4.52 Å². The Morgan fingerprint density at radius 1 is 1.33 bits per heavy atom. The average Bonchev–Trinajstić information content (AvgIpc) is 3.00. The molecule has 1 aliphatic rings. The minimum absolute atomic E-state index is 0.485. The summed E-state index contributed by atoms with van der Waals surface area (Å²) >= 11 is 0. The summed E-state index contributed by atoms with van der Waals surface area (Å²) in [6, 6.07) is 11.1. The third-order valence-electron chi connectivity index (χ3n) is 3.46. The molecule has 1 aromatic heterocycles. The first kappa shape index (κ1) is 11.4. The quantitative estimate of drug-likeness (QED) is 0.831. The lowest BCUT2D eigenvalue weighted by atomic mass is 10.0. The lowest BCUT2D eigenvalue weighted by Crippen LogP contribution is -2.22. The van der Waals surface area contributed by atoms with Gasteiger partial charge in [-0.15, -0.1) is 0 Å². The highest BCUT2D eigenvalue weighted by atomic mass is 16.5. The van der Waals surface area contributed by atoms with Gasteiger partial charge in [-0.1, -0.05) is 35.5 Å². The van der Waals surface area contributed by atoms with Crippen molar-refractivity contribution in [3.63, 3.8) is 0 Å². The predicted octanol–water partition coefficient (Wildman–Crippen LogP) is 2.72. The van der Waals surface area contributed by atoms with E-state index >= 15 is 0 Å². The van der Waals surface area contributed by atoms with E-state index in [2.05, 4.69) is 45.4 Å². The molecule has 2 heterocycles. The molecule has 0 spiro atoms. The van der Waals surface area contributed by atoms with Crippen LogP contribution in [0, 0.1) is 6.92 Å². The van der Waals surface area contributed by atoms with Crippen molar-refractivity contribution in [3.05, 3.63) is 47.6 Å². The van der Waals surface area contributed by atoms with Gasteiger partial charge in [-0.05, 0) is 31.9 Å². The maximum atomic E-state index is 5.21. The largest absolute Gasteiger partial charge is 0.338 e. The highest BCUT2D eigenvalue weighted by Crippen LogP contribution is 2.32. The Morgan fingerprint density at radius 2 is 2.17 bits per heavy atom. The predicted molar refractivity (Wildman–Crippen MR) is 67.9 cm³/mol. The van der Waals surface area contributed by atoms with E-state index in [1.807, 2.05) is 6.92 Å². The Morgan fingerprint density at radius 3 is 2.89 bits per heavy atom. The van der Waals surface area contributed by atoms with Crippen LogP contribution in [0.15, 0.2) is 34.9 Å². The molecule has 94 valence electrons. The van der Waals surface area contributed by atoms with Gasteiger partial charge < -0.3 is 4.52 Å². The average molecular weight is 243 g/mol. The molecule has 1 aromatic carbocycles. The van der Waals surface area contributed by atoms with Crippen LogP contribution in [0.2, 0.25) is 0 Å². The molecule has 0 saturated carbocycles. The van der Waals surface area contributed by atoms with Crippen molar-refractivity contribution in [2.45, 2.75) is 32.4 Å². The van der Waals surface area contributed by atoms with Crippen molar-refractivity contribution in [1.29, 1.82) is 0 Å². The van der Waals surface area contributed by atoms with Crippen LogP contribution >= 0.6 is 0 Å². The molecule has 0 radical (unpaired) electrons. The summed E-state index contributed by atoms with van der Waals surface area (Å²) in [6.07, 6.45) is 2.43. The third kappa shape index (κ3) is 2.29. The lowest BCUT2D eigenvalue weighted by molar-refractivity contribution is 0.212. The molecule has 0 amide bonds. The molecular weight excluding hydrogens is 226 g/mol. The van der Waals surface area contributed by atoms with Gasteiger partial charge >= 0.3 is 0 Å². The van der Waals surface area contributed by atoms with Crippen LogP contribution in [-0.4, -0.2) is 21.6 Å². The topological polar surface area (TPSA) is 42.2 Å². The van der Waals surface area contributed by atoms with Crippen LogP contribution in [0.3, 0.4) is 0 Å². The van der Waals surface area contributed by atoms with E-state index in [1.165, 1.54) is 18.4 Å².